The Morgan fingerprint density at radius 2 is 1.58 bits per heavy atom. The van der Waals surface area contributed by atoms with Crippen LogP contribution in [-0.2, 0) is 33.3 Å². The molecule has 4 saturated heterocycles. The molecule has 11 heteroatoms. The highest BCUT2D eigenvalue weighted by Crippen LogP contribution is 2.84. The summed E-state index contributed by atoms with van der Waals surface area (Å²) in [4.78, 5) is 38.3. The zero-order valence-electron chi connectivity index (χ0n) is 17.3. The molecule has 0 bridgehead atoms. The second-order valence-corrected chi connectivity index (χ2v) is 10.8. The van der Waals surface area contributed by atoms with Crippen molar-refractivity contribution in [2.75, 3.05) is 0 Å². The monoisotopic (exact) mass is 440 g/mol. The van der Waals surface area contributed by atoms with E-state index in [1.165, 1.54) is 6.92 Å². The summed E-state index contributed by atoms with van der Waals surface area (Å²) in [6.45, 7) is 6.63. The van der Waals surface area contributed by atoms with Crippen molar-refractivity contribution in [1.29, 1.82) is 0 Å². The number of rotatable bonds is 0. The Bertz CT molecular complexity index is 957. The maximum atomic E-state index is 13.4. The van der Waals surface area contributed by atoms with Crippen LogP contribution < -0.4 is 0 Å². The molecule has 4 aliphatic heterocycles. The molecule has 11 nitrogen and oxygen atoms in total. The van der Waals surface area contributed by atoms with E-state index in [0.29, 0.717) is 0 Å². The fraction of sp³-hybridized carbons (Fsp3) is 0.850. The third-order valence-electron chi connectivity index (χ3n) is 8.95. The van der Waals surface area contributed by atoms with E-state index in [9.17, 15) is 34.8 Å². The Morgan fingerprint density at radius 1 is 0.935 bits per heavy atom. The molecule has 4 N–H and O–H groups in total. The quantitative estimate of drug-likeness (QED) is 0.234. The van der Waals surface area contributed by atoms with Crippen molar-refractivity contribution in [3.63, 3.8) is 0 Å². The van der Waals surface area contributed by atoms with E-state index in [1.807, 2.05) is 0 Å². The summed E-state index contributed by atoms with van der Waals surface area (Å²) < 4.78 is 22.2. The van der Waals surface area contributed by atoms with Crippen molar-refractivity contribution in [2.24, 2.45) is 28.1 Å². The van der Waals surface area contributed by atoms with Crippen molar-refractivity contribution in [1.82, 2.24) is 0 Å². The highest BCUT2D eigenvalue weighted by Gasteiger charge is 3.05. The van der Waals surface area contributed by atoms with Crippen molar-refractivity contribution in [3.8, 4) is 0 Å². The van der Waals surface area contributed by atoms with E-state index < -0.39 is 94.0 Å². The third kappa shape index (κ3) is 1.43. The Morgan fingerprint density at radius 3 is 2.19 bits per heavy atom. The van der Waals surface area contributed by atoms with Gasteiger partial charge in [-0.15, -0.1) is 0 Å². The number of hydrogen-bond acceptors (Lipinski definition) is 11. The molecule has 0 amide bonds. The van der Waals surface area contributed by atoms with Gasteiger partial charge in [0.2, 0.25) is 11.9 Å². The number of carbonyl (C=O) groups excluding carboxylic acids is 3. The summed E-state index contributed by atoms with van der Waals surface area (Å²) in [6, 6.07) is 0. The van der Waals surface area contributed by atoms with E-state index in [2.05, 4.69) is 0 Å². The van der Waals surface area contributed by atoms with E-state index in [4.69, 9.17) is 18.9 Å². The van der Waals surface area contributed by atoms with Crippen molar-refractivity contribution in [2.45, 2.75) is 75.7 Å². The number of aliphatic hydroxyl groups is 4. The van der Waals surface area contributed by atoms with Crippen LogP contribution in [0.15, 0.2) is 0 Å². The van der Waals surface area contributed by atoms with E-state index in [-0.39, 0.29) is 0 Å². The molecule has 0 radical (unpaired) electrons. The summed E-state index contributed by atoms with van der Waals surface area (Å²) in [5.41, 5.74) is -9.40. The van der Waals surface area contributed by atoms with Gasteiger partial charge < -0.3 is 39.4 Å². The van der Waals surface area contributed by atoms with Crippen LogP contribution in [0.4, 0.5) is 0 Å². The van der Waals surface area contributed by atoms with Gasteiger partial charge in [0.1, 0.15) is 12.2 Å². The molecule has 2 aliphatic carbocycles. The van der Waals surface area contributed by atoms with Crippen LogP contribution in [0.3, 0.4) is 0 Å². The van der Waals surface area contributed by atoms with Gasteiger partial charge >= 0.3 is 17.9 Å². The average molecular weight is 440 g/mol. The molecule has 0 unspecified atom stereocenters. The molecule has 0 aromatic carbocycles. The van der Waals surface area contributed by atoms with E-state index in [0.717, 1.165) is 0 Å². The molecule has 6 aliphatic rings. The number of ether oxygens (including phenoxy) is 4. The highest BCUT2D eigenvalue weighted by molar-refractivity contribution is 5.94. The van der Waals surface area contributed by atoms with Crippen molar-refractivity contribution < 1.29 is 53.8 Å². The standard InChI is InChI=1S/C20H24O11/c1-5-12(24)28-11-8(22)18-10-6(21)7(16(2,3)4)17(18)9(23)13(25)30-15(17)31-20(18,14(26)29-10)19(5,11)27/h5-11,15,21-23,27H,1-4H3/t5-,6+,7+,8+,9+,10-,11+,15+,17+,18-,19-,20-/m1/s1. The molecule has 6 rings (SSSR count). The molecule has 2 saturated carbocycles. The molecule has 0 aromatic rings. The zero-order valence-corrected chi connectivity index (χ0v) is 17.3. The maximum Gasteiger partial charge on any atom is 0.343 e. The molecular formula is C20H24O11. The predicted octanol–water partition coefficient (Wildman–Crippen LogP) is -2.40. The van der Waals surface area contributed by atoms with E-state index in [1.54, 1.807) is 20.8 Å². The number of aliphatic hydroxyl groups excluding tert-OH is 3. The first-order chi connectivity index (χ1) is 14.3. The number of fused-ring (bicyclic) bond motifs is 1. The first-order valence-electron chi connectivity index (χ1n) is 10.3. The summed E-state index contributed by atoms with van der Waals surface area (Å²) >= 11 is 0. The minimum Gasteiger partial charge on any atom is -0.456 e. The molecular weight excluding hydrogens is 416 g/mol. The molecule has 12 atom stereocenters. The van der Waals surface area contributed by atoms with Crippen molar-refractivity contribution in [3.05, 3.63) is 0 Å². The highest BCUT2D eigenvalue weighted by atomic mass is 16.8. The zero-order chi connectivity index (χ0) is 22.7. The number of carbonyl (C=O) groups is 3. The van der Waals surface area contributed by atoms with Crippen molar-refractivity contribution >= 4 is 17.9 Å². The first-order valence-corrected chi connectivity index (χ1v) is 10.3. The molecule has 31 heavy (non-hydrogen) atoms. The van der Waals surface area contributed by atoms with Crippen LogP contribution in [-0.4, -0.2) is 86.3 Å². The minimum atomic E-state index is -2.40. The largest absolute Gasteiger partial charge is 0.456 e. The minimum absolute atomic E-state index is 0.792. The summed E-state index contributed by atoms with van der Waals surface area (Å²) in [5.74, 6) is -5.22. The van der Waals surface area contributed by atoms with Crippen LogP contribution in [0.2, 0.25) is 0 Å². The third-order valence-corrected chi connectivity index (χ3v) is 8.95. The van der Waals surface area contributed by atoms with Gasteiger partial charge in [0.15, 0.2) is 17.8 Å². The molecule has 170 valence electrons. The van der Waals surface area contributed by atoms with Crippen LogP contribution in [0.25, 0.3) is 0 Å². The van der Waals surface area contributed by atoms with E-state index >= 15 is 0 Å². The van der Waals surface area contributed by atoms with Gasteiger partial charge in [0, 0.05) is 5.92 Å². The topological polar surface area (TPSA) is 169 Å². The van der Waals surface area contributed by atoms with Gasteiger partial charge in [-0.25, -0.2) is 9.59 Å². The predicted molar refractivity (Wildman–Crippen MR) is 93.4 cm³/mol. The normalized spacial score (nSPS) is 61.0. The Hall–Kier alpha value is -1.79. The van der Waals surface area contributed by atoms with Gasteiger partial charge in [-0.3, -0.25) is 4.79 Å². The summed E-state index contributed by atoms with van der Waals surface area (Å²) in [7, 11) is 0. The second-order valence-electron chi connectivity index (χ2n) is 10.8. The lowest BCUT2D eigenvalue weighted by molar-refractivity contribution is -0.240. The van der Waals surface area contributed by atoms with Crippen LogP contribution in [0.1, 0.15) is 27.7 Å². The van der Waals surface area contributed by atoms with Crippen LogP contribution in [0, 0.1) is 28.1 Å². The van der Waals surface area contributed by atoms with Gasteiger partial charge in [0.25, 0.3) is 0 Å². The van der Waals surface area contributed by atoms with Crippen LogP contribution >= 0.6 is 0 Å². The Labute approximate surface area is 176 Å². The fourth-order valence-electron chi connectivity index (χ4n) is 8.27. The molecule has 6 fully saturated rings. The van der Waals surface area contributed by atoms with Gasteiger partial charge in [-0.1, -0.05) is 20.8 Å². The second kappa shape index (κ2) is 4.91. The van der Waals surface area contributed by atoms with Gasteiger partial charge in [0.05, 0.1) is 22.9 Å². The average Bonchev–Trinajstić information content (AvgIpc) is 3.35. The Kier molecular flexibility index (Phi) is 3.15. The number of esters is 3. The fourth-order valence-corrected chi connectivity index (χ4v) is 8.27. The first kappa shape index (κ1) is 19.9. The lowest BCUT2D eigenvalue weighted by Gasteiger charge is -2.47. The molecule has 0 aromatic heterocycles. The van der Waals surface area contributed by atoms with Gasteiger partial charge in [-0.05, 0) is 12.3 Å². The Balaban J connectivity index is 1.75. The SMILES string of the molecule is C[C@@H]1C(=O)O[C@H]2[C@H](O)[C@]34[C@@H]5OC(=O)[C@]3(O[C@@H]3OC(=O)[C@H](O)[C@@]34[C@H](C(C)(C)C)[C@@H]5O)[C@@]12O. The maximum absolute atomic E-state index is 13.4. The molecule has 2 spiro atoms. The lowest BCUT2D eigenvalue weighted by atomic mass is 9.51. The smallest absolute Gasteiger partial charge is 0.343 e. The summed E-state index contributed by atoms with van der Waals surface area (Å²) in [5, 5.41) is 46.1. The lowest BCUT2D eigenvalue weighted by Crippen LogP contribution is -2.67. The summed E-state index contributed by atoms with van der Waals surface area (Å²) in [6.07, 6.45) is -9.69. The number of hydrogen-bond donors (Lipinski definition) is 4. The van der Waals surface area contributed by atoms with Gasteiger partial charge in [-0.2, -0.15) is 0 Å². The van der Waals surface area contributed by atoms with Crippen LogP contribution in [0.5, 0.6) is 0 Å². The molecule has 4 heterocycles.